The van der Waals surface area contributed by atoms with Gasteiger partial charge in [0.2, 0.25) is 0 Å². The summed E-state index contributed by atoms with van der Waals surface area (Å²) in [4.78, 5) is 23.3. The summed E-state index contributed by atoms with van der Waals surface area (Å²) < 4.78 is 10.6. The predicted molar refractivity (Wildman–Crippen MR) is 83.3 cm³/mol. The van der Waals surface area contributed by atoms with Crippen LogP contribution in [-0.4, -0.2) is 28.8 Å². The second-order valence-electron chi connectivity index (χ2n) is 5.59. The molecule has 3 rings (SSSR count). The van der Waals surface area contributed by atoms with E-state index in [0.717, 1.165) is 31.2 Å². The number of carbonyl (C=O) groups is 2. The summed E-state index contributed by atoms with van der Waals surface area (Å²) in [5.41, 5.74) is 0.928. The number of ether oxygens (including phenoxy) is 2. The Morgan fingerprint density at radius 3 is 2.77 bits per heavy atom. The maximum atomic E-state index is 11.9. The van der Waals surface area contributed by atoms with Crippen molar-refractivity contribution in [2.45, 2.75) is 42.5 Å². The van der Waals surface area contributed by atoms with Crippen LogP contribution in [-0.2, 0) is 20.9 Å². The van der Waals surface area contributed by atoms with Gasteiger partial charge in [-0.15, -0.1) is 0 Å². The Bertz CT molecular complexity index is 542. The lowest BCUT2D eigenvalue weighted by Gasteiger charge is -2.19. The van der Waals surface area contributed by atoms with Crippen molar-refractivity contribution in [1.82, 2.24) is 5.32 Å². The molecule has 1 aliphatic carbocycles. The second-order valence-corrected chi connectivity index (χ2v) is 7.14. The molecule has 1 aliphatic heterocycles. The van der Waals surface area contributed by atoms with E-state index in [1.165, 1.54) is 0 Å². The summed E-state index contributed by atoms with van der Waals surface area (Å²) in [6.07, 6.45) is 3.51. The van der Waals surface area contributed by atoms with Crippen LogP contribution >= 0.6 is 11.8 Å². The SMILES string of the molecule is O=C(NCC1SC2(CCCC2)OC1=O)OCc1ccccc1. The zero-order valence-corrected chi connectivity index (χ0v) is 13.1. The Labute approximate surface area is 133 Å². The van der Waals surface area contributed by atoms with E-state index in [1.807, 2.05) is 30.3 Å². The van der Waals surface area contributed by atoms with Crippen LogP contribution in [0.3, 0.4) is 0 Å². The fourth-order valence-corrected chi connectivity index (χ4v) is 4.27. The maximum absolute atomic E-state index is 11.9. The van der Waals surface area contributed by atoms with Gasteiger partial charge >= 0.3 is 12.1 Å². The molecule has 22 heavy (non-hydrogen) atoms. The predicted octanol–water partition coefficient (Wildman–Crippen LogP) is 2.84. The molecule has 2 aliphatic rings. The average Bonchev–Trinajstić information content (AvgIpc) is 3.11. The minimum absolute atomic E-state index is 0.221. The van der Waals surface area contributed by atoms with Gasteiger partial charge in [0.25, 0.3) is 0 Å². The monoisotopic (exact) mass is 321 g/mol. The van der Waals surface area contributed by atoms with E-state index in [2.05, 4.69) is 5.32 Å². The molecule has 1 saturated carbocycles. The van der Waals surface area contributed by atoms with Gasteiger partial charge < -0.3 is 14.8 Å². The minimum atomic E-state index is -0.510. The van der Waals surface area contributed by atoms with Crippen molar-refractivity contribution in [3.05, 3.63) is 35.9 Å². The Balaban J connectivity index is 1.42. The fraction of sp³-hybridized carbons (Fsp3) is 0.500. The molecule has 1 aromatic rings. The van der Waals surface area contributed by atoms with Gasteiger partial charge in [-0.05, 0) is 31.2 Å². The largest absolute Gasteiger partial charge is 0.447 e. The molecule has 1 saturated heterocycles. The van der Waals surface area contributed by atoms with Gasteiger partial charge in [-0.2, -0.15) is 0 Å². The Morgan fingerprint density at radius 2 is 2.05 bits per heavy atom. The van der Waals surface area contributed by atoms with E-state index in [9.17, 15) is 9.59 Å². The lowest BCUT2D eigenvalue weighted by molar-refractivity contribution is -0.147. The third-order valence-corrected chi connectivity index (χ3v) is 5.48. The summed E-state index contributed by atoms with van der Waals surface area (Å²) >= 11 is 1.54. The quantitative estimate of drug-likeness (QED) is 0.864. The van der Waals surface area contributed by atoms with Crippen LogP contribution in [0.2, 0.25) is 0 Å². The minimum Gasteiger partial charge on any atom is -0.447 e. The van der Waals surface area contributed by atoms with Crippen LogP contribution < -0.4 is 5.32 Å². The molecule has 1 amide bonds. The van der Waals surface area contributed by atoms with E-state index in [-0.39, 0.29) is 29.3 Å². The first-order valence-electron chi connectivity index (χ1n) is 7.52. The molecule has 2 fully saturated rings. The summed E-state index contributed by atoms with van der Waals surface area (Å²) in [6.45, 7) is 0.470. The number of alkyl carbamates (subject to hydrolysis) is 1. The van der Waals surface area contributed by atoms with Gasteiger partial charge in [-0.1, -0.05) is 42.1 Å². The summed E-state index contributed by atoms with van der Waals surface area (Å²) in [5.74, 6) is -0.227. The van der Waals surface area contributed by atoms with Crippen LogP contribution in [0.4, 0.5) is 4.79 Å². The molecule has 1 atom stereocenters. The number of nitrogens with one attached hydrogen (secondary N) is 1. The molecule has 0 aromatic heterocycles. The highest BCUT2D eigenvalue weighted by molar-refractivity contribution is 8.02. The smallest absolute Gasteiger partial charge is 0.407 e. The van der Waals surface area contributed by atoms with Crippen molar-refractivity contribution in [3.63, 3.8) is 0 Å². The van der Waals surface area contributed by atoms with Crippen LogP contribution in [0.25, 0.3) is 0 Å². The number of esters is 1. The van der Waals surface area contributed by atoms with Gasteiger partial charge in [0.1, 0.15) is 11.9 Å². The topological polar surface area (TPSA) is 64.6 Å². The number of carbonyl (C=O) groups excluding carboxylic acids is 2. The molecule has 6 heteroatoms. The van der Waals surface area contributed by atoms with E-state index in [0.29, 0.717) is 0 Å². The normalized spacial score (nSPS) is 22.5. The van der Waals surface area contributed by atoms with Crippen LogP contribution in [0.5, 0.6) is 0 Å². The van der Waals surface area contributed by atoms with Gasteiger partial charge in [0.15, 0.2) is 4.93 Å². The first-order chi connectivity index (χ1) is 10.7. The molecule has 1 unspecified atom stereocenters. The van der Waals surface area contributed by atoms with E-state index in [4.69, 9.17) is 9.47 Å². The van der Waals surface area contributed by atoms with Crippen molar-refractivity contribution in [2.24, 2.45) is 0 Å². The first-order valence-corrected chi connectivity index (χ1v) is 8.40. The standard InChI is InChI=1S/C16H19NO4S/c18-14-13(22-16(21-14)8-4-5-9-16)10-17-15(19)20-11-12-6-2-1-3-7-12/h1-3,6-7,13H,4-5,8-11H2,(H,17,19). The van der Waals surface area contributed by atoms with Crippen molar-refractivity contribution in [1.29, 1.82) is 0 Å². The number of hydrogen-bond donors (Lipinski definition) is 1. The molecule has 0 radical (unpaired) electrons. The zero-order valence-electron chi connectivity index (χ0n) is 12.2. The summed E-state index contributed by atoms with van der Waals surface area (Å²) in [7, 11) is 0. The highest BCUT2D eigenvalue weighted by Gasteiger charge is 2.49. The summed E-state index contributed by atoms with van der Waals surface area (Å²) in [5, 5.41) is 2.32. The molecule has 1 aromatic carbocycles. The number of benzene rings is 1. The van der Waals surface area contributed by atoms with Crippen molar-refractivity contribution in [3.8, 4) is 0 Å². The van der Waals surface area contributed by atoms with Gasteiger partial charge in [0, 0.05) is 6.54 Å². The maximum Gasteiger partial charge on any atom is 0.407 e. The second kappa shape index (κ2) is 6.60. The zero-order chi connectivity index (χ0) is 15.4. The van der Waals surface area contributed by atoms with Crippen LogP contribution in [0.15, 0.2) is 30.3 Å². The average molecular weight is 321 g/mol. The molecule has 0 bridgehead atoms. The Morgan fingerprint density at radius 1 is 1.32 bits per heavy atom. The van der Waals surface area contributed by atoms with Crippen LogP contribution in [0, 0.1) is 0 Å². The van der Waals surface area contributed by atoms with Crippen molar-refractivity contribution < 1.29 is 19.1 Å². The fourth-order valence-electron chi connectivity index (χ4n) is 2.79. The molecule has 1 heterocycles. The highest BCUT2D eigenvalue weighted by Crippen LogP contribution is 2.49. The third-order valence-electron chi connectivity index (χ3n) is 3.92. The van der Waals surface area contributed by atoms with Crippen molar-refractivity contribution >= 4 is 23.8 Å². The molecule has 1 spiro atoms. The lowest BCUT2D eigenvalue weighted by Crippen LogP contribution is -2.33. The molecule has 1 N–H and O–H groups in total. The van der Waals surface area contributed by atoms with E-state index >= 15 is 0 Å². The molecule has 118 valence electrons. The third kappa shape index (κ3) is 3.55. The Kier molecular flexibility index (Phi) is 4.57. The number of thioether (sulfide) groups is 1. The first kappa shape index (κ1) is 15.2. The number of amides is 1. The van der Waals surface area contributed by atoms with E-state index < -0.39 is 6.09 Å². The Hall–Kier alpha value is -1.69. The van der Waals surface area contributed by atoms with Crippen molar-refractivity contribution in [2.75, 3.05) is 6.54 Å². The van der Waals surface area contributed by atoms with Crippen LogP contribution in [0.1, 0.15) is 31.2 Å². The lowest BCUT2D eigenvalue weighted by atomic mass is 10.2. The number of rotatable bonds is 4. The molecule has 5 nitrogen and oxygen atoms in total. The van der Waals surface area contributed by atoms with E-state index in [1.54, 1.807) is 11.8 Å². The number of hydrogen-bond acceptors (Lipinski definition) is 5. The molecular formula is C16H19NO4S. The molecular weight excluding hydrogens is 302 g/mol. The van der Waals surface area contributed by atoms with Gasteiger partial charge in [0.05, 0.1) is 0 Å². The van der Waals surface area contributed by atoms with Gasteiger partial charge in [-0.25, -0.2) is 4.79 Å². The van der Waals surface area contributed by atoms with Gasteiger partial charge in [-0.3, -0.25) is 4.79 Å². The highest BCUT2D eigenvalue weighted by atomic mass is 32.2. The summed E-state index contributed by atoms with van der Waals surface area (Å²) in [6, 6.07) is 9.47.